The average molecular weight is 282 g/mol. The van der Waals surface area contributed by atoms with Gasteiger partial charge in [0, 0.05) is 17.6 Å². The lowest BCUT2D eigenvalue weighted by Gasteiger charge is -2.09. The predicted molar refractivity (Wildman–Crippen MR) is 74.8 cm³/mol. The second-order valence-corrected chi connectivity index (χ2v) is 4.80. The van der Waals surface area contributed by atoms with E-state index in [0.717, 1.165) is 16.8 Å². The van der Waals surface area contributed by atoms with E-state index < -0.39 is 0 Å². The van der Waals surface area contributed by atoms with Crippen LogP contribution in [0.25, 0.3) is 0 Å². The molecule has 0 aliphatic heterocycles. The molecule has 2 aromatic rings. The molecule has 0 amide bonds. The highest BCUT2D eigenvalue weighted by Crippen LogP contribution is 2.29. The first-order valence-corrected chi connectivity index (χ1v) is 6.47. The van der Waals surface area contributed by atoms with E-state index >= 15 is 0 Å². The molecule has 94 valence electrons. The Bertz CT molecular complexity index is 570. The van der Waals surface area contributed by atoms with E-state index in [0.29, 0.717) is 22.5 Å². The first-order chi connectivity index (χ1) is 8.58. The third-order valence-corrected chi connectivity index (χ3v) is 3.05. The molecule has 0 saturated heterocycles. The Morgan fingerprint density at radius 3 is 2.61 bits per heavy atom. The van der Waals surface area contributed by atoms with Gasteiger partial charge in [-0.15, -0.1) is 11.6 Å². The monoisotopic (exact) mass is 281 g/mol. The number of ether oxygens (including phenoxy) is 1. The third kappa shape index (κ3) is 3.15. The molecule has 1 aromatic heterocycles. The molecule has 2 rings (SSSR count). The van der Waals surface area contributed by atoms with Crippen molar-refractivity contribution in [2.24, 2.45) is 0 Å². The zero-order chi connectivity index (χ0) is 13.1. The van der Waals surface area contributed by atoms with Gasteiger partial charge in [-0.25, -0.2) is 4.98 Å². The molecule has 0 atom stereocenters. The van der Waals surface area contributed by atoms with Crippen molar-refractivity contribution in [1.29, 1.82) is 0 Å². The molecule has 0 aliphatic rings. The molecule has 0 saturated carbocycles. The van der Waals surface area contributed by atoms with Gasteiger partial charge in [-0.2, -0.15) is 0 Å². The quantitative estimate of drug-likeness (QED) is 0.748. The summed E-state index contributed by atoms with van der Waals surface area (Å²) in [4.78, 5) is 4.30. The van der Waals surface area contributed by atoms with Crippen LogP contribution >= 0.6 is 23.2 Å². The number of benzene rings is 1. The van der Waals surface area contributed by atoms with Crippen LogP contribution in [0.4, 0.5) is 0 Å². The maximum atomic E-state index is 6.11. The van der Waals surface area contributed by atoms with Gasteiger partial charge in [-0.3, -0.25) is 0 Å². The molecule has 2 nitrogen and oxygen atoms in total. The molecule has 0 radical (unpaired) electrons. The van der Waals surface area contributed by atoms with Gasteiger partial charge >= 0.3 is 0 Å². The van der Waals surface area contributed by atoms with Crippen LogP contribution in [-0.2, 0) is 5.88 Å². The number of rotatable bonds is 3. The fourth-order valence-electron chi connectivity index (χ4n) is 1.64. The van der Waals surface area contributed by atoms with Crippen molar-refractivity contribution in [3.8, 4) is 11.6 Å². The highest BCUT2D eigenvalue weighted by Gasteiger charge is 2.06. The van der Waals surface area contributed by atoms with E-state index in [-0.39, 0.29) is 0 Å². The van der Waals surface area contributed by atoms with Gasteiger partial charge in [0.15, 0.2) is 0 Å². The van der Waals surface area contributed by atoms with Crippen LogP contribution in [0.15, 0.2) is 30.3 Å². The topological polar surface area (TPSA) is 22.1 Å². The van der Waals surface area contributed by atoms with Gasteiger partial charge < -0.3 is 4.74 Å². The highest BCUT2D eigenvalue weighted by molar-refractivity contribution is 6.32. The van der Waals surface area contributed by atoms with E-state index in [4.69, 9.17) is 27.9 Å². The molecular formula is C14H13Cl2NO. The van der Waals surface area contributed by atoms with E-state index in [1.165, 1.54) is 0 Å². The SMILES string of the molecule is Cc1ccc(Oc2cc(CCl)cc(C)n2)c(Cl)c1. The minimum Gasteiger partial charge on any atom is -0.437 e. The summed E-state index contributed by atoms with van der Waals surface area (Å²) in [5.74, 6) is 1.54. The van der Waals surface area contributed by atoms with E-state index in [2.05, 4.69) is 4.98 Å². The lowest BCUT2D eigenvalue weighted by atomic mass is 10.2. The molecule has 4 heteroatoms. The Morgan fingerprint density at radius 2 is 1.94 bits per heavy atom. The number of aromatic nitrogens is 1. The molecule has 0 unspecified atom stereocenters. The van der Waals surface area contributed by atoms with Gasteiger partial charge in [0.05, 0.1) is 5.02 Å². The maximum Gasteiger partial charge on any atom is 0.219 e. The van der Waals surface area contributed by atoms with Crippen LogP contribution in [0.5, 0.6) is 11.6 Å². The lowest BCUT2D eigenvalue weighted by Crippen LogP contribution is -1.93. The third-order valence-electron chi connectivity index (χ3n) is 2.45. The van der Waals surface area contributed by atoms with Crippen molar-refractivity contribution >= 4 is 23.2 Å². The number of hydrogen-bond donors (Lipinski definition) is 0. The van der Waals surface area contributed by atoms with Crippen LogP contribution in [0, 0.1) is 13.8 Å². The summed E-state index contributed by atoms with van der Waals surface area (Å²) in [6, 6.07) is 9.38. The van der Waals surface area contributed by atoms with Gasteiger partial charge in [0.2, 0.25) is 5.88 Å². The Kier molecular flexibility index (Phi) is 4.10. The first kappa shape index (κ1) is 13.2. The predicted octanol–water partition coefficient (Wildman–Crippen LogP) is 4.88. The standard InChI is InChI=1S/C14H13Cl2NO/c1-9-3-4-13(12(16)5-9)18-14-7-11(8-15)6-10(2)17-14/h3-7H,8H2,1-2H3. The van der Waals surface area contributed by atoms with Crippen molar-refractivity contribution in [2.45, 2.75) is 19.7 Å². The Labute approximate surface area is 117 Å². The summed E-state index contributed by atoms with van der Waals surface area (Å²) in [5, 5.41) is 0.575. The van der Waals surface area contributed by atoms with Crippen molar-refractivity contribution in [3.63, 3.8) is 0 Å². The van der Waals surface area contributed by atoms with Crippen LogP contribution in [0.2, 0.25) is 5.02 Å². The number of hydrogen-bond acceptors (Lipinski definition) is 2. The summed E-state index contributed by atoms with van der Waals surface area (Å²) in [7, 11) is 0. The molecule has 0 bridgehead atoms. The van der Waals surface area contributed by atoms with Crippen molar-refractivity contribution in [3.05, 3.63) is 52.2 Å². The molecule has 1 heterocycles. The molecule has 0 fully saturated rings. The minimum atomic E-state index is 0.432. The summed E-state index contributed by atoms with van der Waals surface area (Å²) >= 11 is 11.9. The molecule has 18 heavy (non-hydrogen) atoms. The van der Waals surface area contributed by atoms with Gasteiger partial charge in [0.1, 0.15) is 5.75 Å². The Balaban J connectivity index is 2.30. The van der Waals surface area contributed by atoms with Crippen molar-refractivity contribution in [1.82, 2.24) is 4.98 Å². The summed E-state index contributed by atoms with van der Waals surface area (Å²) in [5.41, 5.74) is 2.93. The fourth-order valence-corrected chi connectivity index (χ4v) is 2.07. The van der Waals surface area contributed by atoms with Crippen LogP contribution in [-0.4, -0.2) is 4.98 Å². The highest BCUT2D eigenvalue weighted by atomic mass is 35.5. The number of aryl methyl sites for hydroxylation is 2. The number of alkyl halides is 1. The number of pyridine rings is 1. The minimum absolute atomic E-state index is 0.432. The number of halogens is 2. The molecule has 0 spiro atoms. The second kappa shape index (κ2) is 5.59. The van der Waals surface area contributed by atoms with Gasteiger partial charge in [-0.05, 0) is 43.2 Å². The Morgan fingerprint density at radius 1 is 1.17 bits per heavy atom. The van der Waals surface area contributed by atoms with Crippen LogP contribution < -0.4 is 4.74 Å². The van der Waals surface area contributed by atoms with Crippen molar-refractivity contribution < 1.29 is 4.74 Å². The molecule has 1 aromatic carbocycles. The van der Waals surface area contributed by atoms with E-state index in [1.807, 2.05) is 44.2 Å². The van der Waals surface area contributed by atoms with Crippen molar-refractivity contribution in [2.75, 3.05) is 0 Å². The van der Waals surface area contributed by atoms with Gasteiger partial charge in [-0.1, -0.05) is 17.7 Å². The van der Waals surface area contributed by atoms with E-state index in [9.17, 15) is 0 Å². The maximum absolute atomic E-state index is 6.11. The normalized spacial score (nSPS) is 10.4. The average Bonchev–Trinajstić information content (AvgIpc) is 2.32. The fraction of sp³-hybridized carbons (Fsp3) is 0.214. The lowest BCUT2D eigenvalue weighted by molar-refractivity contribution is 0.461. The summed E-state index contributed by atoms with van der Waals surface area (Å²) in [6.45, 7) is 3.88. The molecular weight excluding hydrogens is 269 g/mol. The van der Waals surface area contributed by atoms with Gasteiger partial charge in [0.25, 0.3) is 0 Å². The van der Waals surface area contributed by atoms with Crippen LogP contribution in [0.1, 0.15) is 16.8 Å². The zero-order valence-corrected chi connectivity index (χ0v) is 11.7. The molecule has 0 N–H and O–H groups in total. The second-order valence-electron chi connectivity index (χ2n) is 4.12. The largest absolute Gasteiger partial charge is 0.437 e. The first-order valence-electron chi connectivity index (χ1n) is 5.56. The number of nitrogens with zero attached hydrogens (tertiary/aromatic N) is 1. The summed E-state index contributed by atoms with van der Waals surface area (Å²) < 4.78 is 5.69. The summed E-state index contributed by atoms with van der Waals surface area (Å²) in [6.07, 6.45) is 0. The zero-order valence-electron chi connectivity index (χ0n) is 10.2. The van der Waals surface area contributed by atoms with Crippen LogP contribution in [0.3, 0.4) is 0 Å². The molecule has 0 aliphatic carbocycles. The smallest absolute Gasteiger partial charge is 0.219 e. The Hall–Kier alpha value is -1.25. The van der Waals surface area contributed by atoms with E-state index in [1.54, 1.807) is 0 Å².